The molecule has 2 N–H and O–H groups in total. The van der Waals surface area contributed by atoms with Crippen LogP contribution in [0, 0.1) is 17.5 Å². The van der Waals surface area contributed by atoms with E-state index in [9.17, 15) is 18.0 Å². The Morgan fingerprint density at radius 2 is 1.62 bits per heavy atom. The highest BCUT2D eigenvalue weighted by atomic mass is 19.2. The topological polar surface area (TPSA) is 94.2 Å². The maximum absolute atomic E-state index is 15.0. The zero-order valence-electron chi connectivity index (χ0n) is 22.8. The van der Waals surface area contributed by atoms with Crippen LogP contribution in [0.25, 0.3) is 10.9 Å². The number of morpholine rings is 1. The Kier molecular flexibility index (Phi) is 9.25. The Bertz CT molecular complexity index is 1570. The first kappa shape index (κ1) is 29.0. The number of nitrogens with zero attached hydrogens (tertiary/aromatic N) is 2. The summed E-state index contributed by atoms with van der Waals surface area (Å²) in [4.78, 5) is 19.0. The number of fused-ring (bicyclic) bond motifs is 1. The average Bonchev–Trinajstić information content (AvgIpc) is 2.99. The van der Waals surface area contributed by atoms with Crippen LogP contribution >= 0.6 is 0 Å². The number of urea groups is 1. The molecule has 0 unspecified atom stereocenters. The summed E-state index contributed by atoms with van der Waals surface area (Å²) < 4.78 is 64.2. The molecule has 4 aromatic rings. The molecule has 2 amide bonds. The molecule has 12 heteroatoms. The predicted octanol–water partition coefficient (Wildman–Crippen LogP) is 6.20. The number of ether oxygens (including phenoxy) is 4. The third-order valence-electron chi connectivity index (χ3n) is 6.55. The molecule has 2 heterocycles. The molecular weight excluding hydrogens is 553 g/mol. The van der Waals surface area contributed by atoms with Gasteiger partial charge in [-0.25, -0.2) is 18.0 Å². The van der Waals surface area contributed by atoms with E-state index < -0.39 is 23.5 Å². The fourth-order valence-corrected chi connectivity index (χ4v) is 4.43. The summed E-state index contributed by atoms with van der Waals surface area (Å²) in [6.07, 6.45) is 2.39. The van der Waals surface area contributed by atoms with E-state index in [1.807, 2.05) is 0 Å². The molecule has 0 radical (unpaired) electrons. The Labute approximate surface area is 240 Å². The van der Waals surface area contributed by atoms with Gasteiger partial charge in [-0.05, 0) is 42.8 Å². The number of methoxy groups -OCH3 is 1. The minimum absolute atomic E-state index is 0.0355. The number of hydrogen-bond donors (Lipinski definition) is 2. The largest absolute Gasteiger partial charge is 0.493 e. The summed E-state index contributed by atoms with van der Waals surface area (Å²) >= 11 is 0. The summed E-state index contributed by atoms with van der Waals surface area (Å²) in [5.41, 5.74) is 0.731. The zero-order valence-corrected chi connectivity index (χ0v) is 22.8. The Morgan fingerprint density at radius 1 is 0.881 bits per heavy atom. The third kappa shape index (κ3) is 7.20. The average molecular weight is 583 g/mol. The summed E-state index contributed by atoms with van der Waals surface area (Å²) in [5, 5.41) is 5.37. The van der Waals surface area contributed by atoms with Crippen molar-refractivity contribution in [1.29, 1.82) is 0 Å². The molecule has 1 fully saturated rings. The van der Waals surface area contributed by atoms with Gasteiger partial charge in [0.2, 0.25) is 0 Å². The van der Waals surface area contributed by atoms with Crippen LogP contribution in [0.15, 0.2) is 60.8 Å². The highest BCUT2D eigenvalue weighted by Crippen LogP contribution is 2.38. The lowest BCUT2D eigenvalue weighted by Gasteiger charge is -2.26. The number of amides is 2. The molecule has 0 bridgehead atoms. The number of benzene rings is 3. The van der Waals surface area contributed by atoms with Crippen molar-refractivity contribution in [2.45, 2.75) is 6.42 Å². The normalized spacial score (nSPS) is 13.5. The Hall–Kier alpha value is -4.55. The van der Waals surface area contributed by atoms with Crippen molar-refractivity contribution in [2.24, 2.45) is 0 Å². The van der Waals surface area contributed by atoms with Gasteiger partial charge in [0.15, 0.2) is 34.7 Å². The van der Waals surface area contributed by atoms with Crippen LogP contribution in [-0.4, -0.2) is 62.5 Å². The van der Waals surface area contributed by atoms with E-state index >= 15 is 0 Å². The fourth-order valence-electron chi connectivity index (χ4n) is 4.43. The van der Waals surface area contributed by atoms with Crippen LogP contribution < -0.4 is 24.8 Å². The van der Waals surface area contributed by atoms with Gasteiger partial charge in [-0.1, -0.05) is 0 Å². The van der Waals surface area contributed by atoms with Gasteiger partial charge in [0, 0.05) is 60.8 Å². The highest BCUT2D eigenvalue weighted by Gasteiger charge is 2.15. The molecule has 1 aromatic heterocycles. The van der Waals surface area contributed by atoms with Gasteiger partial charge in [-0.3, -0.25) is 9.88 Å². The molecular formula is C30H29F3N4O5. The summed E-state index contributed by atoms with van der Waals surface area (Å²) in [6, 6.07) is 11.1. The van der Waals surface area contributed by atoms with Crippen molar-refractivity contribution < 1.29 is 36.9 Å². The second-order valence-electron chi connectivity index (χ2n) is 9.44. The molecule has 0 atom stereocenters. The number of halogens is 3. The molecule has 42 heavy (non-hydrogen) atoms. The van der Waals surface area contributed by atoms with E-state index in [2.05, 4.69) is 20.5 Å². The van der Waals surface area contributed by atoms with Gasteiger partial charge in [-0.15, -0.1) is 0 Å². The van der Waals surface area contributed by atoms with Gasteiger partial charge in [0.25, 0.3) is 0 Å². The van der Waals surface area contributed by atoms with E-state index in [4.69, 9.17) is 18.9 Å². The first-order valence-electron chi connectivity index (χ1n) is 13.3. The lowest BCUT2D eigenvalue weighted by atomic mass is 10.1. The summed E-state index contributed by atoms with van der Waals surface area (Å²) in [5.74, 6) is -1.60. The van der Waals surface area contributed by atoms with E-state index in [-0.39, 0.29) is 17.1 Å². The molecule has 220 valence electrons. The second-order valence-corrected chi connectivity index (χ2v) is 9.44. The maximum Gasteiger partial charge on any atom is 0.323 e. The molecule has 1 aliphatic heterocycles. The predicted molar refractivity (Wildman–Crippen MR) is 151 cm³/mol. The third-order valence-corrected chi connectivity index (χ3v) is 6.55. The van der Waals surface area contributed by atoms with Gasteiger partial charge >= 0.3 is 6.03 Å². The van der Waals surface area contributed by atoms with Crippen LogP contribution in [0.5, 0.6) is 23.0 Å². The first-order chi connectivity index (χ1) is 20.4. The summed E-state index contributed by atoms with van der Waals surface area (Å²) in [7, 11) is 1.53. The van der Waals surface area contributed by atoms with Crippen molar-refractivity contribution in [1.82, 2.24) is 9.88 Å². The standard InChI is InChI=1S/C30H29F3N4O5/c1-39-28-17-21-25(18-29(28)41-12-2-9-37-10-13-40-14-11-37)34-8-7-26(21)42-27-6-4-20(16-24(27)33)36-30(38)35-19-3-5-22(31)23(32)15-19/h3-8,15-18H,2,9-14H2,1H3,(H2,35,36,38). The van der Waals surface area contributed by atoms with Crippen molar-refractivity contribution in [2.75, 3.05) is 57.2 Å². The number of carbonyl (C=O) groups is 1. The lowest BCUT2D eigenvalue weighted by Crippen LogP contribution is -2.37. The first-order valence-corrected chi connectivity index (χ1v) is 13.3. The number of rotatable bonds is 10. The molecule has 5 rings (SSSR count). The van der Waals surface area contributed by atoms with Crippen molar-refractivity contribution in [3.8, 4) is 23.0 Å². The lowest BCUT2D eigenvalue weighted by molar-refractivity contribution is 0.0357. The maximum atomic E-state index is 15.0. The van der Waals surface area contributed by atoms with Gasteiger partial charge in [-0.2, -0.15) is 0 Å². The highest BCUT2D eigenvalue weighted by molar-refractivity contribution is 5.99. The smallest absolute Gasteiger partial charge is 0.323 e. The van der Waals surface area contributed by atoms with Gasteiger partial charge < -0.3 is 29.6 Å². The van der Waals surface area contributed by atoms with E-state index in [0.717, 1.165) is 57.5 Å². The Morgan fingerprint density at radius 3 is 2.33 bits per heavy atom. The van der Waals surface area contributed by atoms with Crippen molar-refractivity contribution in [3.63, 3.8) is 0 Å². The SMILES string of the molecule is COc1cc2c(Oc3ccc(NC(=O)Nc4ccc(F)c(F)c4)cc3F)ccnc2cc1OCCCN1CCOCC1. The molecule has 9 nitrogen and oxygen atoms in total. The number of carbonyl (C=O) groups excluding carboxylic acids is 1. The van der Waals surface area contributed by atoms with Crippen LogP contribution in [0.1, 0.15) is 6.42 Å². The van der Waals surface area contributed by atoms with Crippen LogP contribution in [0.2, 0.25) is 0 Å². The number of pyridine rings is 1. The number of hydrogen-bond acceptors (Lipinski definition) is 7. The minimum atomic E-state index is -1.11. The number of nitrogens with one attached hydrogen (secondary N) is 2. The molecule has 0 aliphatic carbocycles. The van der Waals surface area contributed by atoms with Gasteiger partial charge in [0.05, 0.1) is 32.4 Å². The van der Waals surface area contributed by atoms with Crippen molar-refractivity contribution >= 4 is 28.3 Å². The molecule has 3 aromatic carbocycles. The van der Waals surface area contributed by atoms with Gasteiger partial charge in [0.1, 0.15) is 5.75 Å². The minimum Gasteiger partial charge on any atom is -0.493 e. The van der Waals surface area contributed by atoms with Crippen LogP contribution in [0.4, 0.5) is 29.3 Å². The molecule has 0 spiro atoms. The van der Waals surface area contributed by atoms with Crippen molar-refractivity contribution in [3.05, 3.63) is 78.2 Å². The zero-order chi connectivity index (χ0) is 29.5. The quantitative estimate of drug-likeness (QED) is 0.215. The molecule has 0 saturated carbocycles. The van der Waals surface area contributed by atoms with E-state index in [0.29, 0.717) is 34.8 Å². The number of anilines is 2. The molecule has 1 aliphatic rings. The number of aromatic nitrogens is 1. The van der Waals surface area contributed by atoms with E-state index in [1.165, 1.54) is 25.3 Å². The van der Waals surface area contributed by atoms with E-state index in [1.54, 1.807) is 24.4 Å². The second kappa shape index (κ2) is 13.4. The van der Waals surface area contributed by atoms with Crippen LogP contribution in [-0.2, 0) is 4.74 Å². The summed E-state index contributed by atoms with van der Waals surface area (Å²) in [6.45, 7) is 4.75. The monoisotopic (exact) mass is 582 g/mol. The Balaban J connectivity index is 1.24. The fraction of sp³-hybridized carbons (Fsp3) is 0.267. The van der Waals surface area contributed by atoms with Crippen LogP contribution in [0.3, 0.4) is 0 Å². The molecule has 1 saturated heterocycles.